The van der Waals surface area contributed by atoms with E-state index in [4.69, 9.17) is 14.2 Å². The number of cyclic esters (lactones) is 1. The van der Waals surface area contributed by atoms with E-state index >= 15 is 0 Å². The number of aliphatic hydroxyl groups excluding tert-OH is 4. The molecular formula is C33H52O10. The van der Waals surface area contributed by atoms with Gasteiger partial charge < -0.3 is 39.7 Å². The van der Waals surface area contributed by atoms with E-state index in [1.165, 1.54) is 12.2 Å². The zero-order valence-corrected chi connectivity index (χ0v) is 26.1. The van der Waals surface area contributed by atoms with Gasteiger partial charge in [0.05, 0.1) is 36.4 Å². The molecule has 4 bridgehead atoms. The Kier molecular flexibility index (Phi) is 13.1. The molecule has 0 aromatic carbocycles. The molecule has 10 heteroatoms. The van der Waals surface area contributed by atoms with Crippen molar-refractivity contribution in [1.82, 2.24) is 0 Å². The van der Waals surface area contributed by atoms with Crippen molar-refractivity contribution in [3.8, 4) is 0 Å². The smallest absolute Gasteiger partial charge is 0.311 e. The van der Waals surface area contributed by atoms with Crippen LogP contribution in [0.5, 0.6) is 0 Å². The first kappa shape index (κ1) is 35.6. The van der Waals surface area contributed by atoms with E-state index in [9.17, 15) is 35.1 Å². The predicted octanol–water partition coefficient (Wildman–Crippen LogP) is 3.03. The molecule has 0 aromatic rings. The van der Waals surface area contributed by atoms with Gasteiger partial charge in [0, 0.05) is 12.3 Å². The first-order valence-electron chi connectivity index (χ1n) is 15.8. The van der Waals surface area contributed by atoms with Crippen LogP contribution in [0.3, 0.4) is 0 Å². The number of ketones is 1. The average Bonchev–Trinajstić information content (AvgIpc) is 3.42. The van der Waals surface area contributed by atoms with Crippen LogP contribution in [0.15, 0.2) is 36.0 Å². The van der Waals surface area contributed by atoms with Crippen LogP contribution in [0.25, 0.3) is 0 Å². The van der Waals surface area contributed by atoms with Crippen LogP contribution in [0.2, 0.25) is 0 Å². The Bertz CT molecular complexity index is 1020. The van der Waals surface area contributed by atoms with Gasteiger partial charge in [-0.1, -0.05) is 50.6 Å². The molecule has 2 unspecified atom stereocenters. The molecule has 3 rings (SSSR count). The Morgan fingerprint density at radius 1 is 1.00 bits per heavy atom. The number of rotatable bonds is 3. The first-order chi connectivity index (χ1) is 20.2. The van der Waals surface area contributed by atoms with Gasteiger partial charge in [-0.05, 0) is 70.8 Å². The SMILES string of the molecule is C=C1/C=C/[C@H](O)[C@@H](C)C(=O)O[C@@H](CCCC)[C@@H]2CC[C@@H](C[C@H]3CC[C@@H](O)C(O)(O3)[C@H](O)C/C(C)=C/C(C)C(=O)C[C@@H]1O)O2. The number of fused-ring (bicyclic) bond motifs is 4. The van der Waals surface area contributed by atoms with Gasteiger partial charge >= 0.3 is 5.97 Å². The van der Waals surface area contributed by atoms with Crippen molar-refractivity contribution in [2.75, 3.05) is 0 Å². The molecule has 3 aliphatic heterocycles. The molecule has 0 saturated carbocycles. The monoisotopic (exact) mass is 608 g/mol. The summed E-state index contributed by atoms with van der Waals surface area (Å²) in [6, 6.07) is 0. The third-order valence-electron chi connectivity index (χ3n) is 9.03. The number of aliphatic hydroxyl groups is 5. The van der Waals surface area contributed by atoms with Gasteiger partial charge in [0.2, 0.25) is 5.79 Å². The maximum absolute atomic E-state index is 13.1. The lowest BCUT2D eigenvalue weighted by Crippen LogP contribution is -2.59. The molecule has 0 radical (unpaired) electrons. The van der Waals surface area contributed by atoms with E-state index in [1.54, 1.807) is 26.8 Å². The third-order valence-corrected chi connectivity index (χ3v) is 9.03. The molecule has 0 spiro atoms. The lowest BCUT2D eigenvalue weighted by Gasteiger charge is -2.44. The van der Waals surface area contributed by atoms with Crippen LogP contribution in [-0.2, 0) is 23.8 Å². The average molecular weight is 609 g/mol. The summed E-state index contributed by atoms with van der Waals surface area (Å²) in [6.07, 6.45) is 2.43. The predicted molar refractivity (Wildman–Crippen MR) is 160 cm³/mol. The molecule has 43 heavy (non-hydrogen) atoms. The van der Waals surface area contributed by atoms with Gasteiger partial charge in [0.1, 0.15) is 24.1 Å². The second kappa shape index (κ2) is 15.9. The van der Waals surface area contributed by atoms with E-state index < -0.39 is 60.2 Å². The number of unbranched alkanes of at least 4 members (excludes halogenated alkanes) is 1. The molecule has 2 saturated heterocycles. The van der Waals surface area contributed by atoms with Crippen LogP contribution in [-0.4, -0.2) is 91.9 Å². The largest absolute Gasteiger partial charge is 0.459 e. The molecule has 3 aliphatic rings. The Morgan fingerprint density at radius 3 is 2.40 bits per heavy atom. The second-order valence-electron chi connectivity index (χ2n) is 12.7. The minimum atomic E-state index is -2.19. The fraction of sp³-hybridized carbons (Fsp3) is 0.758. The molecule has 0 aliphatic carbocycles. The molecule has 10 nitrogen and oxygen atoms in total. The molecule has 11 atom stereocenters. The van der Waals surface area contributed by atoms with E-state index in [1.807, 2.05) is 6.92 Å². The number of esters is 1. The second-order valence-corrected chi connectivity index (χ2v) is 12.7. The number of hydrogen-bond donors (Lipinski definition) is 5. The molecule has 5 N–H and O–H groups in total. The van der Waals surface area contributed by atoms with Gasteiger partial charge in [0.15, 0.2) is 0 Å². The normalized spacial score (nSPS) is 43.0. The Hall–Kier alpha value is -1.92. The van der Waals surface area contributed by atoms with Crippen molar-refractivity contribution in [2.45, 2.75) is 147 Å². The number of Topliss-reactive ketones (excluding diaryl/α,β-unsaturated/α-hetero) is 1. The quantitative estimate of drug-likeness (QED) is 0.238. The highest BCUT2D eigenvalue weighted by Gasteiger charge is 2.49. The summed E-state index contributed by atoms with van der Waals surface area (Å²) in [7, 11) is 0. The van der Waals surface area contributed by atoms with Crippen molar-refractivity contribution < 1.29 is 49.3 Å². The summed E-state index contributed by atoms with van der Waals surface area (Å²) in [5, 5.41) is 54.1. The summed E-state index contributed by atoms with van der Waals surface area (Å²) >= 11 is 0. The summed E-state index contributed by atoms with van der Waals surface area (Å²) in [5.41, 5.74) is 0.828. The van der Waals surface area contributed by atoms with Gasteiger partial charge in [-0.3, -0.25) is 9.59 Å². The summed E-state index contributed by atoms with van der Waals surface area (Å²) < 4.78 is 18.2. The van der Waals surface area contributed by atoms with Gasteiger partial charge in [-0.2, -0.15) is 0 Å². The Labute approximate surface area is 255 Å². The highest BCUT2D eigenvalue weighted by Crippen LogP contribution is 2.37. The highest BCUT2D eigenvalue weighted by molar-refractivity contribution is 5.83. The number of ether oxygens (including phenoxy) is 3. The summed E-state index contributed by atoms with van der Waals surface area (Å²) in [4.78, 5) is 25.9. The number of allylic oxidation sites excluding steroid dienone is 1. The van der Waals surface area contributed by atoms with Gasteiger partial charge in [0.25, 0.3) is 0 Å². The molecule has 3 heterocycles. The molecule has 0 aromatic heterocycles. The van der Waals surface area contributed by atoms with Crippen molar-refractivity contribution >= 4 is 11.8 Å². The van der Waals surface area contributed by atoms with Crippen molar-refractivity contribution in [3.05, 3.63) is 36.0 Å². The minimum absolute atomic E-state index is 0.0293. The molecule has 2 fully saturated rings. The van der Waals surface area contributed by atoms with Gasteiger partial charge in [-0.15, -0.1) is 0 Å². The maximum atomic E-state index is 13.1. The summed E-state index contributed by atoms with van der Waals surface area (Å²) in [6.45, 7) is 10.8. The van der Waals surface area contributed by atoms with Crippen LogP contribution < -0.4 is 0 Å². The first-order valence-corrected chi connectivity index (χ1v) is 15.8. The Morgan fingerprint density at radius 2 is 1.70 bits per heavy atom. The fourth-order valence-corrected chi connectivity index (χ4v) is 6.06. The molecular weight excluding hydrogens is 556 g/mol. The number of hydrogen-bond acceptors (Lipinski definition) is 10. The zero-order valence-electron chi connectivity index (χ0n) is 26.1. The van der Waals surface area contributed by atoms with Crippen LogP contribution in [0.4, 0.5) is 0 Å². The standard InChI is InChI=1S/C33H52O10/c1-6-7-8-28-29-13-10-23(41-29)17-24-11-14-30(37)33(40,43-24)31(38)16-19(2)15-21(4)27(36)18-26(35)20(3)9-12-25(34)22(5)32(39)42-28/h9,12,15,21-26,28-31,34-35,37-38,40H,3,6-8,10-11,13-14,16-18H2,1-2,4-5H3/b12-9+,19-15+/t21?,22-,23+,24-,25+,26+,28+,29+,30-,31-,33?/m1/s1. The topological polar surface area (TPSA) is 163 Å². The van der Waals surface area contributed by atoms with E-state index in [0.29, 0.717) is 37.7 Å². The van der Waals surface area contributed by atoms with Crippen molar-refractivity contribution in [3.63, 3.8) is 0 Å². The number of carbonyl (C=O) groups is 2. The lowest BCUT2D eigenvalue weighted by molar-refractivity contribution is -0.337. The highest BCUT2D eigenvalue weighted by atomic mass is 16.7. The van der Waals surface area contributed by atoms with Crippen molar-refractivity contribution in [1.29, 1.82) is 0 Å². The number of carbonyl (C=O) groups excluding carboxylic acids is 2. The molecule has 0 amide bonds. The van der Waals surface area contributed by atoms with Gasteiger partial charge in [-0.25, -0.2) is 0 Å². The van der Waals surface area contributed by atoms with E-state index in [-0.39, 0.29) is 42.8 Å². The maximum Gasteiger partial charge on any atom is 0.311 e. The lowest BCUT2D eigenvalue weighted by atomic mass is 9.88. The van der Waals surface area contributed by atoms with Crippen molar-refractivity contribution in [2.24, 2.45) is 11.8 Å². The third kappa shape index (κ3) is 9.53. The molecule has 244 valence electrons. The van der Waals surface area contributed by atoms with Crippen LogP contribution in [0, 0.1) is 11.8 Å². The Balaban J connectivity index is 1.86. The fourth-order valence-electron chi connectivity index (χ4n) is 6.06. The zero-order chi connectivity index (χ0) is 31.9. The summed E-state index contributed by atoms with van der Waals surface area (Å²) in [5.74, 6) is -4.51. The van der Waals surface area contributed by atoms with E-state index in [0.717, 1.165) is 12.8 Å². The van der Waals surface area contributed by atoms with Crippen LogP contribution in [0.1, 0.15) is 91.9 Å². The van der Waals surface area contributed by atoms with Crippen LogP contribution >= 0.6 is 0 Å². The minimum Gasteiger partial charge on any atom is -0.459 e. The van der Waals surface area contributed by atoms with E-state index in [2.05, 4.69) is 6.58 Å².